The lowest BCUT2D eigenvalue weighted by atomic mass is 10.0. The second kappa shape index (κ2) is 20.7. The van der Waals surface area contributed by atoms with Crippen LogP contribution in [-0.4, -0.2) is 61.4 Å². The first kappa shape index (κ1) is 33.3. The van der Waals surface area contributed by atoms with Crippen LogP contribution in [0.5, 0.6) is 0 Å². The van der Waals surface area contributed by atoms with E-state index in [0.717, 1.165) is 12.8 Å². The molecular weight excluding hydrogens is 430 g/mol. The van der Waals surface area contributed by atoms with E-state index in [9.17, 15) is 19.8 Å². The predicted octanol–water partition coefficient (Wildman–Crippen LogP) is 4.40. The van der Waals surface area contributed by atoms with Crippen LogP contribution in [0.3, 0.4) is 0 Å². The summed E-state index contributed by atoms with van der Waals surface area (Å²) < 4.78 is 5.77. The van der Waals surface area contributed by atoms with Gasteiger partial charge in [-0.2, -0.15) is 0 Å². The maximum atomic E-state index is 12.1. The lowest BCUT2D eigenvalue weighted by molar-refractivity contribution is -0.873. The number of carbonyl (C=O) groups excluding carboxylic acids is 2. The molecule has 0 aliphatic heterocycles. The molecule has 7 heteroatoms. The summed E-state index contributed by atoms with van der Waals surface area (Å²) in [5.74, 6) is -1.78. The van der Waals surface area contributed by atoms with Gasteiger partial charge in [-0.15, -0.1) is 12.4 Å². The Balaban J connectivity index is 0. The molecule has 0 heterocycles. The van der Waals surface area contributed by atoms with Crippen molar-refractivity contribution in [3.63, 3.8) is 0 Å². The van der Waals surface area contributed by atoms with Crippen LogP contribution in [-0.2, 0) is 14.3 Å². The standard InChI is InChI=1S/C25H49NO5.ClH/c1-5-6-7-8-9-10-11-12-13-14-15-16-17-18-22(27)19-25(30)31-23(20-24(28)29)21-26(2,3)4;/h22-23,27H,5-21H2,1-4H3;1H. The van der Waals surface area contributed by atoms with Gasteiger partial charge in [-0.3, -0.25) is 4.79 Å². The molecule has 1 N–H and O–H groups in total. The van der Waals surface area contributed by atoms with Crippen molar-refractivity contribution in [3.05, 3.63) is 0 Å². The molecule has 0 aliphatic rings. The molecule has 0 aromatic heterocycles. The molecule has 32 heavy (non-hydrogen) atoms. The number of likely N-dealkylation sites (N-methyl/N-ethyl adjacent to an activating group) is 1. The summed E-state index contributed by atoms with van der Waals surface area (Å²) in [4.78, 5) is 23.0. The van der Waals surface area contributed by atoms with Gasteiger partial charge in [-0.1, -0.05) is 90.4 Å². The maximum absolute atomic E-state index is 12.1. The Morgan fingerprint density at radius 1 is 0.812 bits per heavy atom. The molecule has 0 radical (unpaired) electrons. The van der Waals surface area contributed by atoms with E-state index in [-0.39, 0.29) is 25.2 Å². The minimum atomic E-state index is -1.24. The molecule has 6 nitrogen and oxygen atoms in total. The quantitative estimate of drug-likeness (QED) is 0.150. The van der Waals surface area contributed by atoms with E-state index in [4.69, 9.17) is 4.74 Å². The summed E-state index contributed by atoms with van der Waals surface area (Å²) >= 11 is 0. The van der Waals surface area contributed by atoms with Gasteiger partial charge in [-0.25, -0.2) is 0 Å². The highest BCUT2D eigenvalue weighted by Gasteiger charge is 2.23. The SMILES string of the molecule is CCCCCCCCCCCCCCCC(O)CC(=O)OC(CC(=O)[O-])C[N+](C)(C)C.Cl. The van der Waals surface area contributed by atoms with Crippen LogP contribution in [0.1, 0.15) is 110 Å². The van der Waals surface area contributed by atoms with Crippen molar-refractivity contribution in [1.82, 2.24) is 0 Å². The van der Waals surface area contributed by atoms with Crippen molar-refractivity contribution in [2.24, 2.45) is 0 Å². The molecule has 0 spiro atoms. The van der Waals surface area contributed by atoms with Crippen LogP contribution in [0, 0.1) is 0 Å². The fourth-order valence-corrected chi connectivity index (χ4v) is 3.87. The van der Waals surface area contributed by atoms with Crippen LogP contribution in [0.2, 0.25) is 0 Å². The lowest BCUT2D eigenvalue weighted by Gasteiger charge is -2.29. The summed E-state index contributed by atoms with van der Waals surface area (Å²) in [7, 11) is 5.71. The number of unbranched alkanes of at least 4 members (excludes halogenated alkanes) is 12. The topological polar surface area (TPSA) is 86.7 Å². The molecule has 0 fully saturated rings. The molecule has 0 rings (SSSR count). The first-order valence-corrected chi connectivity index (χ1v) is 12.5. The summed E-state index contributed by atoms with van der Waals surface area (Å²) in [6.07, 6.45) is 15.2. The van der Waals surface area contributed by atoms with E-state index < -0.39 is 24.1 Å². The van der Waals surface area contributed by atoms with Crippen LogP contribution < -0.4 is 5.11 Å². The number of halogens is 1. The minimum Gasteiger partial charge on any atom is -0.550 e. The van der Waals surface area contributed by atoms with Gasteiger partial charge in [0.1, 0.15) is 6.54 Å². The number of esters is 1. The smallest absolute Gasteiger partial charge is 0.308 e. The molecular formula is C25H50ClNO5. The highest BCUT2D eigenvalue weighted by molar-refractivity contribution is 5.85. The summed E-state index contributed by atoms with van der Waals surface area (Å²) in [5, 5.41) is 21.0. The van der Waals surface area contributed by atoms with Crippen LogP contribution >= 0.6 is 12.4 Å². The molecule has 2 atom stereocenters. The molecule has 0 saturated heterocycles. The van der Waals surface area contributed by atoms with Gasteiger partial charge in [0, 0.05) is 12.4 Å². The second-order valence-corrected chi connectivity index (χ2v) is 10.1. The molecule has 0 aliphatic carbocycles. The van der Waals surface area contributed by atoms with Gasteiger partial charge in [0.25, 0.3) is 0 Å². The van der Waals surface area contributed by atoms with Crippen molar-refractivity contribution in [3.8, 4) is 0 Å². The summed E-state index contributed by atoms with van der Waals surface area (Å²) in [6.45, 7) is 2.63. The zero-order chi connectivity index (χ0) is 23.5. The molecule has 192 valence electrons. The van der Waals surface area contributed by atoms with E-state index in [1.807, 2.05) is 21.1 Å². The number of aliphatic hydroxyl groups is 1. The second-order valence-electron chi connectivity index (χ2n) is 10.1. The fourth-order valence-electron chi connectivity index (χ4n) is 3.87. The Morgan fingerprint density at radius 3 is 1.66 bits per heavy atom. The normalized spacial score (nSPS) is 13.3. The number of carbonyl (C=O) groups is 2. The van der Waals surface area contributed by atoms with Crippen molar-refractivity contribution >= 4 is 24.3 Å². The highest BCUT2D eigenvalue weighted by atomic mass is 35.5. The molecule has 0 bridgehead atoms. The molecule has 0 saturated carbocycles. The Kier molecular flexibility index (Phi) is 21.6. The number of carboxylic acid groups (broad SMARTS) is 1. The van der Waals surface area contributed by atoms with Crippen molar-refractivity contribution < 1.29 is 29.0 Å². The number of aliphatic hydroxyl groups excluding tert-OH is 1. The van der Waals surface area contributed by atoms with Crippen molar-refractivity contribution in [2.45, 2.75) is 122 Å². The van der Waals surface area contributed by atoms with E-state index in [1.54, 1.807) is 0 Å². The Morgan fingerprint density at radius 2 is 1.25 bits per heavy atom. The molecule has 0 aromatic carbocycles. The molecule has 2 unspecified atom stereocenters. The molecule has 0 aromatic rings. The lowest BCUT2D eigenvalue weighted by Crippen LogP contribution is -2.45. The largest absolute Gasteiger partial charge is 0.550 e. The van der Waals surface area contributed by atoms with Crippen molar-refractivity contribution in [1.29, 1.82) is 0 Å². The third-order valence-corrected chi connectivity index (χ3v) is 5.49. The average molecular weight is 480 g/mol. The number of quaternary nitrogens is 1. The number of rotatable bonds is 21. The maximum Gasteiger partial charge on any atom is 0.308 e. The van der Waals surface area contributed by atoms with Gasteiger partial charge >= 0.3 is 5.97 Å². The minimum absolute atomic E-state index is 0. The fraction of sp³-hybridized carbons (Fsp3) is 0.920. The number of aliphatic carboxylic acids is 1. The number of ether oxygens (including phenoxy) is 1. The number of hydrogen-bond acceptors (Lipinski definition) is 5. The predicted molar refractivity (Wildman–Crippen MR) is 131 cm³/mol. The van der Waals surface area contributed by atoms with Crippen LogP contribution in [0.4, 0.5) is 0 Å². The summed E-state index contributed by atoms with van der Waals surface area (Å²) in [5.41, 5.74) is 0. The van der Waals surface area contributed by atoms with E-state index >= 15 is 0 Å². The zero-order valence-corrected chi connectivity index (χ0v) is 21.9. The van der Waals surface area contributed by atoms with E-state index in [2.05, 4.69) is 6.92 Å². The monoisotopic (exact) mass is 479 g/mol. The third-order valence-electron chi connectivity index (χ3n) is 5.49. The number of carboxylic acids is 1. The van der Waals surface area contributed by atoms with Gasteiger partial charge in [-0.05, 0) is 6.42 Å². The Labute approximate surface area is 203 Å². The molecule has 0 amide bonds. The first-order valence-electron chi connectivity index (χ1n) is 12.5. The van der Waals surface area contributed by atoms with Gasteiger partial charge < -0.3 is 24.2 Å². The Hall–Kier alpha value is -0.850. The number of hydrogen-bond donors (Lipinski definition) is 1. The zero-order valence-electron chi connectivity index (χ0n) is 21.1. The summed E-state index contributed by atoms with van der Waals surface area (Å²) in [6, 6.07) is 0. The van der Waals surface area contributed by atoms with E-state index in [1.165, 1.54) is 70.6 Å². The van der Waals surface area contributed by atoms with Crippen LogP contribution in [0.25, 0.3) is 0 Å². The Bertz CT molecular complexity index is 468. The van der Waals surface area contributed by atoms with Crippen molar-refractivity contribution in [2.75, 3.05) is 27.7 Å². The first-order chi connectivity index (χ1) is 14.6. The highest BCUT2D eigenvalue weighted by Crippen LogP contribution is 2.14. The van der Waals surface area contributed by atoms with Gasteiger partial charge in [0.2, 0.25) is 0 Å². The third kappa shape index (κ3) is 23.8. The van der Waals surface area contributed by atoms with Gasteiger partial charge in [0.05, 0.1) is 33.7 Å². The van der Waals surface area contributed by atoms with E-state index in [0.29, 0.717) is 17.4 Å². The van der Waals surface area contributed by atoms with Crippen LogP contribution in [0.15, 0.2) is 0 Å². The van der Waals surface area contributed by atoms with Gasteiger partial charge in [0.15, 0.2) is 6.10 Å². The number of nitrogens with zero attached hydrogens (tertiary/aromatic N) is 1. The average Bonchev–Trinajstić information content (AvgIpc) is 2.63.